The lowest BCUT2D eigenvalue weighted by atomic mass is 9.71. The number of piperidine rings is 3. The molecule has 4 N–H and O–H groups in total. The fourth-order valence-corrected chi connectivity index (χ4v) is 11.1. The lowest BCUT2D eigenvalue weighted by Crippen LogP contribution is -2.48. The van der Waals surface area contributed by atoms with Crippen molar-refractivity contribution in [2.24, 2.45) is 11.3 Å². The molecule has 1 unspecified atom stereocenters. The minimum Gasteiger partial charge on any atom is -0.389 e. The number of sulfonamides is 1. The van der Waals surface area contributed by atoms with Crippen LogP contribution in [0.5, 0.6) is 0 Å². The van der Waals surface area contributed by atoms with E-state index < -0.39 is 38.9 Å². The molecule has 0 bridgehead atoms. The zero-order valence-electron chi connectivity index (χ0n) is 36.0. The number of halogens is 4. The van der Waals surface area contributed by atoms with Gasteiger partial charge in [0.2, 0.25) is 27.8 Å². The highest BCUT2D eigenvalue weighted by Crippen LogP contribution is 2.43. The van der Waals surface area contributed by atoms with Crippen molar-refractivity contribution in [2.45, 2.75) is 113 Å². The SMILES string of the molecule is CC(C)(O)Cn1cc(-c2nc(Nc3ccc(S(=O)(=O)NC4CCC(CN5CCC6(CC5)CCN(c5cccc(C7CCC(=O)NC7=O)c5)CC6)CC4)cc3F)ncc2C(F)(F)F)cn1. The highest BCUT2D eigenvalue weighted by molar-refractivity contribution is 7.89. The van der Waals surface area contributed by atoms with Gasteiger partial charge in [-0.2, -0.15) is 18.3 Å². The fourth-order valence-electron chi connectivity index (χ4n) is 9.74. The van der Waals surface area contributed by atoms with E-state index in [2.05, 4.69) is 52.4 Å². The van der Waals surface area contributed by atoms with Gasteiger partial charge >= 0.3 is 6.18 Å². The van der Waals surface area contributed by atoms with E-state index in [0.717, 1.165) is 88.6 Å². The Morgan fingerprint density at radius 3 is 2.33 bits per heavy atom. The second-order valence-electron chi connectivity index (χ2n) is 18.7. The second kappa shape index (κ2) is 18.1. The predicted octanol–water partition coefficient (Wildman–Crippen LogP) is 6.75. The van der Waals surface area contributed by atoms with E-state index in [4.69, 9.17) is 0 Å². The molecule has 4 aromatic rings. The smallest absolute Gasteiger partial charge is 0.389 e. The maximum Gasteiger partial charge on any atom is 0.419 e. The van der Waals surface area contributed by atoms with Gasteiger partial charge in [-0.15, -0.1) is 0 Å². The molecule has 1 aliphatic carbocycles. The van der Waals surface area contributed by atoms with Gasteiger partial charge in [0.05, 0.1) is 40.5 Å². The molecule has 2 amide bonds. The number of likely N-dealkylation sites (tertiary alicyclic amines) is 1. The third-order valence-corrected chi connectivity index (χ3v) is 14.9. The van der Waals surface area contributed by atoms with Crippen LogP contribution in [-0.4, -0.2) is 94.4 Å². The number of imide groups is 1. The Kier molecular flexibility index (Phi) is 12.9. The van der Waals surface area contributed by atoms with Crippen LogP contribution in [0.4, 0.5) is 34.9 Å². The van der Waals surface area contributed by atoms with Gasteiger partial charge in [-0.3, -0.25) is 19.6 Å². The van der Waals surface area contributed by atoms with Gasteiger partial charge in [0.25, 0.3) is 0 Å². The minimum absolute atomic E-state index is 0.00643. The Balaban J connectivity index is 0.798. The number of rotatable bonds is 12. The summed E-state index contributed by atoms with van der Waals surface area (Å²) in [5, 5.41) is 19.2. The van der Waals surface area contributed by atoms with Crippen LogP contribution in [0.3, 0.4) is 0 Å². The highest BCUT2D eigenvalue weighted by Gasteiger charge is 2.39. The number of nitrogens with one attached hydrogen (secondary N) is 3. The topological polar surface area (TPSA) is 175 Å². The van der Waals surface area contributed by atoms with E-state index in [1.54, 1.807) is 0 Å². The number of nitrogens with zero attached hydrogens (tertiary/aromatic N) is 6. The Hall–Kier alpha value is -4.98. The van der Waals surface area contributed by atoms with E-state index >= 15 is 4.39 Å². The average molecular weight is 910 g/mol. The quantitative estimate of drug-likeness (QED) is 0.0875. The molecule has 1 atom stereocenters. The number of alkyl halides is 3. The summed E-state index contributed by atoms with van der Waals surface area (Å²) < 4.78 is 88.1. The maximum absolute atomic E-state index is 15.4. The van der Waals surface area contributed by atoms with Crippen LogP contribution >= 0.6 is 0 Å². The largest absolute Gasteiger partial charge is 0.419 e. The summed E-state index contributed by atoms with van der Waals surface area (Å²) in [4.78, 5) is 36.6. The number of hydrogen-bond acceptors (Lipinski definition) is 11. The minimum atomic E-state index is -4.81. The van der Waals surface area contributed by atoms with E-state index in [9.17, 15) is 36.3 Å². The number of benzene rings is 2. The Morgan fingerprint density at radius 2 is 1.66 bits per heavy atom. The van der Waals surface area contributed by atoms with Crippen molar-refractivity contribution in [1.82, 2.24) is 34.7 Å². The van der Waals surface area contributed by atoms with Gasteiger partial charge in [0, 0.05) is 55.7 Å². The Morgan fingerprint density at radius 1 is 0.938 bits per heavy atom. The molecular weight excluding hydrogens is 855 g/mol. The Labute approximate surface area is 370 Å². The zero-order valence-corrected chi connectivity index (χ0v) is 36.8. The lowest BCUT2D eigenvalue weighted by Gasteiger charge is -2.48. The molecule has 5 heterocycles. The summed E-state index contributed by atoms with van der Waals surface area (Å²) in [6, 6.07) is 11.2. The number of aromatic nitrogens is 4. The normalized spacial score (nSPS) is 22.4. The number of amides is 2. The molecule has 344 valence electrons. The molecule has 3 aliphatic heterocycles. The molecule has 3 saturated heterocycles. The van der Waals surface area contributed by atoms with Gasteiger partial charge < -0.3 is 20.2 Å². The highest BCUT2D eigenvalue weighted by atomic mass is 32.2. The molecule has 19 heteroatoms. The predicted molar refractivity (Wildman–Crippen MR) is 231 cm³/mol. The molecule has 4 fully saturated rings. The third-order valence-electron chi connectivity index (χ3n) is 13.3. The lowest BCUT2D eigenvalue weighted by molar-refractivity contribution is -0.137. The van der Waals surface area contributed by atoms with Crippen LogP contribution in [0.1, 0.15) is 95.1 Å². The van der Waals surface area contributed by atoms with Gasteiger partial charge in [0.1, 0.15) is 11.4 Å². The van der Waals surface area contributed by atoms with Crippen molar-refractivity contribution >= 4 is 39.2 Å². The summed E-state index contributed by atoms with van der Waals surface area (Å²) in [5.74, 6) is -1.57. The first-order valence-electron chi connectivity index (χ1n) is 22.0. The van der Waals surface area contributed by atoms with Gasteiger partial charge in [-0.1, -0.05) is 12.1 Å². The third kappa shape index (κ3) is 10.7. The molecule has 64 heavy (non-hydrogen) atoms. The van der Waals surface area contributed by atoms with Crippen molar-refractivity contribution in [2.75, 3.05) is 42.9 Å². The molecule has 2 aromatic carbocycles. The summed E-state index contributed by atoms with van der Waals surface area (Å²) in [5.41, 5.74) is -0.633. The summed E-state index contributed by atoms with van der Waals surface area (Å²) in [7, 11) is -4.08. The molecule has 1 saturated carbocycles. The first-order chi connectivity index (χ1) is 30.3. The van der Waals surface area contributed by atoms with Crippen molar-refractivity contribution in [3.8, 4) is 11.3 Å². The van der Waals surface area contributed by atoms with E-state index in [1.165, 1.54) is 43.1 Å². The Bertz CT molecular complexity index is 2450. The van der Waals surface area contributed by atoms with Crippen LogP contribution < -0.4 is 20.3 Å². The maximum atomic E-state index is 15.4. The molecule has 8 rings (SSSR count). The first kappa shape index (κ1) is 45.6. The van der Waals surface area contributed by atoms with Crippen LogP contribution in [0.25, 0.3) is 11.3 Å². The number of aliphatic hydroxyl groups is 1. The van der Waals surface area contributed by atoms with Crippen LogP contribution in [0.2, 0.25) is 0 Å². The van der Waals surface area contributed by atoms with E-state index in [1.807, 2.05) is 12.1 Å². The number of hydrogen-bond donors (Lipinski definition) is 4. The number of anilines is 3. The van der Waals surface area contributed by atoms with Crippen LogP contribution in [0.15, 0.2) is 66.0 Å². The molecule has 2 aromatic heterocycles. The molecule has 14 nitrogen and oxygen atoms in total. The number of carbonyl (C=O) groups excluding carboxylic acids is 2. The summed E-state index contributed by atoms with van der Waals surface area (Å²) in [6.45, 7) is 8.05. The van der Waals surface area contributed by atoms with E-state index in [-0.39, 0.29) is 52.4 Å². The van der Waals surface area contributed by atoms with Crippen molar-refractivity contribution in [3.05, 3.63) is 78.0 Å². The van der Waals surface area contributed by atoms with Crippen molar-refractivity contribution in [1.29, 1.82) is 0 Å². The fraction of sp³-hybridized carbons (Fsp3) is 0.533. The van der Waals surface area contributed by atoms with Crippen LogP contribution in [-0.2, 0) is 32.3 Å². The molecule has 0 radical (unpaired) electrons. The monoisotopic (exact) mass is 909 g/mol. The molecular formula is C45H55F4N9O5S. The van der Waals surface area contributed by atoms with Gasteiger partial charge in [0.15, 0.2) is 0 Å². The molecule has 1 spiro atoms. The van der Waals surface area contributed by atoms with Crippen LogP contribution in [0, 0.1) is 17.2 Å². The second-order valence-corrected chi connectivity index (χ2v) is 20.4. The van der Waals surface area contributed by atoms with Crippen molar-refractivity contribution in [3.63, 3.8) is 0 Å². The standard InChI is InChI=1S/C45H55F4N9O5S/c1-43(2,61)28-58-27-31(24-51-58)40-36(45(47,48)49)25-50-42(54-40)52-38-12-10-34(23-37(38)46)64(62,63)55-32-8-6-29(7-9-32)26-56-18-14-44(15-19-56)16-20-57(21-17-44)33-5-3-4-30(22-33)35-11-13-39(59)53-41(35)60/h3-5,10,12,22-25,27,29,32,35,55,61H,6-9,11,13-21,26,28H2,1-2H3,(H,50,52,54)(H,53,59,60). The number of carbonyl (C=O) groups is 2. The first-order valence-corrected chi connectivity index (χ1v) is 23.5. The zero-order chi connectivity index (χ0) is 45.4. The average Bonchev–Trinajstić information content (AvgIpc) is 3.70. The van der Waals surface area contributed by atoms with Gasteiger partial charge in [-0.25, -0.2) is 27.5 Å². The summed E-state index contributed by atoms with van der Waals surface area (Å²) >= 11 is 0. The van der Waals surface area contributed by atoms with Gasteiger partial charge in [-0.05, 0) is 132 Å². The molecule has 4 aliphatic rings. The summed E-state index contributed by atoms with van der Waals surface area (Å²) in [6.07, 6.45) is 6.75. The van der Waals surface area contributed by atoms with Crippen molar-refractivity contribution < 1.29 is 40.7 Å². The van der Waals surface area contributed by atoms with E-state index in [0.29, 0.717) is 43.2 Å².